The van der Waals surface area contributed by atoms with E-state index in [1.165, 1.54) is 13.2 Å². The van der Waals surface area contributed by atoms with Crippen molar-refractivity contribution in [2.75, 3.05) is 46.6 Å². The highest BCUT2D eigenvalue weighted by atomic mass is 16.5. The summed E-state index contributed by atoms with van der Waals surface area (Å²) in [4.78, 5) is 14.1. The third kappa shape index (κ3) is 3.61. The van der Waals surface area contributed by atoms with E-state index in [4.69, 9.17) is 14.2 Å². The van der Waals surface area contributed by atoms with Crippen molar-refractivity contribution in [1.82, 2.24) is 4.90 Å². The average Bonchev–Trinajstić information content (AvgIpc) is 2.48. The Bertz CT molecular complexity index is 457. The van der Waals surface area contributed by atoms with Gasteiger partial charge in [-0.2, -0.15) is 0 Å². The Kier molecular flexibility index (Phi) is 5.20. The van der Waals surface area contributed by atoms with Gasteiger partial charge in [-0.15, -0.1) is 0 Å². The maximum absolute atomic E-state index is 11.9. The lowest BCUT2D eigenvalue weighted by Crippen LogP contribution is -2.38. The number of carbonyl (C=O) groups is 1. The van der Waals surface area contributed by atoms with Gasteiger partial charge in [-0.05, 0) is 12.1 Å². The second-order valence-electron chi connectivity index (χ2n) is 4.45. The van der Waals surface area contributed by atoms with Gasteiger partial charge in [0, 0.05) is 19.6 Å². The van der Waals surface area contributed by atoms with E-state index in [0.717, 1.165) is 13.1 Å². The fourth-order valence-electron chi connectivity index (χ4n) is 2.02. The van der Waals surface area contributed by atoms with Crippen LogP contribution in [0.15, 0.2) is 18.2 Å². The molecule has 20 heavy (non-hydrogen) atoms. The predicted molar refractivity (Wildman–Crippen MR) is 72.2 cm³/mol. The van der Waals surface area contributed by atoms with E-state index in [2.05, 4.69) is 4.90 Å². The van der Waals surface area contributed by atoms with Crippen molar-refractivity contribution in [3.63, 3.8) is 0 Å². The van der Waals surface area contributed by atoms with Gasteiger partial charge in [-0.3, -0.25) is 4.90 Å². The van der Waals surface area contributed by atoms with Crippen molar-refractivity contribution in [2.24, 2.45) is 0 Å². The molecule has 0 radical (unpaired) electrons. The molecule has 0 unspecified atom stereocenters. The van der Waals surface area contributed by atoms with E-state index in [1.807, 2.05) is 0 Å². The standard InChI is InChI=1S/C14H19NO5/c1-18-12-4-2-3-11(13(12)16)14(17)20-10-7-15-5-8-19-9-6-15/h2-4,16H,5-10H2,1H3. The highest BCUT2D eigenvalue weighted by Crippen LogP contribution is 2.29. The third-order valence-corrected chi connectivity index (χ3v) is 3.18. The van der Waals surface area contributed by atoms with E-state index < -0.39 is 5.97 Å². The largest absolute Gasteiger partial charge is 0.504 e. The molecule has 0 aromatic heterocycles. The van der Waals surface area contributed by atoms with E-state index in [-0.39, 0.29) is 23.7 Å². The summed E-state index contributed by atoms with van der Waals surface area (Å²) in [5.74, 6) is -0.478. The summed E-state index contributed by atoms with van der Waals surface area (Å²) in [6.07, 6.45) is 0. The fourth-order valence-corrected chi connectivity index (χ4v) is 2.02. The number of morpholine rings is 1. The molecule has 1 saturated heterocycles. The molecule has 1 aliphatic heterocycles. The molecule has 0 spiro atoms. The molecule has 0 atom stereocenters. The molecule has 1 fully saturated rings. The third-order valence-electron chi connectivity index (χ3n) is 3.18. The van der Waals surface area contributed by atoms with E-state index in [1.54, 1.807) is 12.1 Å². The van der Waals surface area contributed by atoms with Crippen LogP contribution in [0.25, 0.3) is 0 Å². The number of hydrogen-bond donors (Lipinski definition) is 1. The van der Waals surface area contributed by atoms with Gasteiger partial charge in [-0.25, -0.2) is 4.79 Å². The number of rotatable bonds is 5. The lowest BCUT2D eigenvalue weighted by molar-refractivity contribution is 0.0194. The number of para-hydroxylation sites is 1. The molecule has 2 rings (SSSR count). The second-order valence-corrected chi connectivity index (χ2v) is 4.45. The quantitative estimate of drug-likeness (QED) is 0.808. The number of carbonyl (C=O) groups excluding carboxylic acids is 1. The van der Waals surface area contributed by atoms with Gasteiger partial charge >= 0.3 is 5.97 Å². The average molecular weight is 281 g/mol. The van der Waals surface area contributed by atoms with Crippen LogP contribution >= 0.6 is 0 Å². The van der Waals surface area contributed by atoms with E-state index in [0.29, 0.717) is 19.8 Å². The number of methoxy groups -OCH3 is 1. The van der Waals surface area contributed by atoms with Crippen LogP contribution in [-0.2, 0) is 9.47 Å². The number of aromatic hydroxyl groups is 1. The summed E-state index contributed by atoms with van der Waals surface area (Å²) in [7, 11) is 1.43. The molecule has 1 N–H and O–H groups in total. The molecule has 0 aliphatic carbocycles. The first-order valence-electron chi connectivity index (χ1n) is 6.55. The summed E-state index contributed by atoms with van der Waals surface area (Å²) in [6.45, 7) is 4.08. The Morgan fingerprint density at radius 1 is 1.40 bits per heavy atom. The molecule has 1 aliphatic rings. The first kappa shape index (κ1) is 14.6. The minimum atomic E-state index is -0.547. The number of esters is 1. The zero-order valence-electron chi connectivity index (χ0n) is 11.5. The zero-order chi connectivity index (χ0) is 14.4. The summed E-state index contributed by atoms with van der Waals surface area (Å²) in [5, 5.41) is 9.85. The van der Waals surface area contributed by atoms with Crippen molar-refractivity contribution in [1.29, 1.82) is 0 Å². The van der Waals surface area contributed by atoms with E-state index >= 15 is 0 Å². The molecule has 1 heterocycles. The molecule has 1 aromatic carbocycles. The van der Waals surface area contributed by atoms with Crippen LogP contribution in [-0.4, -0.2) is 62.5 Å². The van der Waals surface area contributed by atoms with Crippen molar-refractivity contribution >= 4 is 5.97 Å². The Labute approximate surface area is 117 Å². The minimum Gasteiger partial charge on any atom is -0.504 e. The molecule has 0 saturated carbocycles. The topological polar surface area (TPSA) is 68.2 Å². The summed E-state index contributed by atoms with van der Waals surface area (Å²) in [6, 6.07) is 4.73. The number of hydrogen-bond acceptors (Lipinski definition) is 6. The number of benzene rings is 1. The smallest absolute Gasteiger partial charge is 0.342 e. The first-order chi connectivity index (χ1) is 9.72. The highest BCUT2D eigenvalue weighted by molar-refractivity contribution is 5.93. The number of phenols is 1. The Morgan fingerprint density at radius 2 is 2.15 bits per heavy atom. The first-order valence-corrected chi connectivity index (χ1v) is 6.55. The van der Waals surface area contributed by atoms with Crippen LogP contribution in [0.4, 0.5) is 0 Å². The molecule has 0 amide bonds. The van der Waals surface area contributed by atoms with Crippen LogP contribution in [0.3, 0.4) is 0 Å². The monoisotopic (exact) mass is 281 g/mol. The van der Waals surface area contributed by atoms with Crippen molar-refractivity contribution in [2.45, 2.75) is 0 Å². The Hall–Kier alpha value is -1.79. The molecular formula is C14H19NO5. The zero-order valence-corrected chi connectivity index (χ0v) is 11.5. The Balaban J connectivity index is 1.85. The van der Waals surface area contributed by atoms with Crippen LogP contribution in [0.5, 0.6) is 11.5 Å². The summed E-state index contributed by atoms with van der Waals surface area (Å²) < 4.78 is 15.4. The summed E-state index contributed by atoms with van der Waals surface area (Å²) >= 11 is 0. The lowest BCUT2D eigenvalue weighted by atomic mass is 10.2. The number of ether oxygens (including phenoxy) is 3. The van der Waals surface area contributed by atoms with Crippen molar-refractivity contribution in [3.8, 4) is 11.5 Å². The molecule has 110 valence electrons. The molecule has 0 bridgehead atoms. The number of nitrogens with zero attached hydrogens (tertiary/aromatic N) is 1. The van der Waals surface area contributed by atoms with Gasteiger partial charge in [0.1, 0.15) is 12.2 Å². The van der Waals surface area contributed by atoms with Gasteiger partial charge in [0.2, 0.25) is 0 Å². The van der Waals surface area contributed by atoms with Gasteiger partial charge in [0.15, 0.2) is 11.5 Å². The number of phenolic OH excluding ortho intramolecular Hbond substituents is 1. The second kappa shape index (κ2) is 7.12. The van der Waals surface area contributed by atoms with Crippen molar-refractivity contribution in [3.05, 3.63) is 23.8 Å². The maximum atomic E-state index is 11.9. The van der Waals surface area contributed by atoms with Gasteiger partial charge in [0.25, 0.3) is 0 Å². The Morgan fingerprint density at radius 3 is 2.85 bits per heavy atom. The van der Waals surface area contributed by atoms with Crippen LogP contribution < -0.4 is 4.74 Å². The maximum Gasteiger partial charge on any atom is 0.342 e. The normalized spacial score (nSPS) is 15.8. The molecule has 1 aromatic rings. The highest BCUT2D eigenvalue weighted by Gasteiger charge is 2.17. The van der Waals surface area contributed by atoms with Gasteiger partial charge in [0.05, 0.1) is 20.3 Å². The minimum absolute atomic E-state index is 0.117. The lowest BCUT2D eigenvalue weighted by Gasteiger charge is -2.26. The molecular weight excluding hydrogens is 262 g/mol. The predicted octanol–water partition coefficient (Wildman–Crippen LogP) is 0.890. The van der Waals surface area contributed by atoms with Gasteiger partial charge in [-0.1, -0.05) is 6.07 Å². The molecule has 6 heteroatoms. The van der Waals surface area contributed by atoms with Crippen molar-refractivity contribution < 1.29 is 24.1 Å². The van der Waals surface area contributed by atoms with Crippen LogP contribution in [0.2, 0.25) is 0 Å². The van der Waals surface area contributed by atoms with E-state index in [9.17, 15) is 9.90 Å². The summed E-state index contributed by atoms with van der Waals surface area (Å²) in [5.41, 5.74) is 0.117. The van der Waals surface area contributed by atoms with Crippen LogP contribution in [0, 0.1) is 0 Å². The SMILES string of the molecule is COc1cccc(C(=O)OCCN2CCOCC2)c1O. The van der Waals surface area contributed by atoms with Gasteiger partial charge < -0.3 is 19.3 Å². The molecule has 6 nitrogen and oxygen atoms in total. The van der Waals surface area contributed by atoms with Crippen LogP contribution in [0.1, 0.15) is 10.4 Å². The fraction of sp³-hybridized carbons (Fsp3) is 0.500.